The van der Waals surface area contributed by atoms with E-state index in [1.165, 1.54) is 19.2 Å². The van der Waals surface area contributed by atoms with Crippen molar-refractivity contribution in [1.29, 1.82) is 0 Å². The van der Waals surface area contributed by atoms with Crippen LogP contribution in [0.25, 0.3) is 11.5 Å². The fraction of sp³-hybridized carbons (Fsp3) is 0.200. The van der Waals surface area contributed by atoms with Gasteiger partial charge in [-0.2, -0.15) is 18.2 Å². The topological polar surface area (TPSA) is 48.2 Å². The van der Waals surface area contributed by atoms with E-state index in [2.05, 4.69) is 10.1 Å². The van der Waals surface area contributed by atoms with Crippen LogP contribution >= 0.6 is 0 Å². The van der Waals surface area contributed by atoms with Crippen molar-refractivity contribution in [3.05, 3.63) is 29.8 Å². The van der Waals surface area contributed by atoms with E-state index >= 15 is 0 Å². The van der Waals surface area contributed by atoms with Crippen LogP contribution in [0.15, 0.2) is 28.8 Å². The molecule has 0 saturated heterocycles. The van der Waals surface area contributed by atoms with Crippen LogP contribution in [0.3, 0.4) is 0 Å². The Hall–Kier alpha value is -2.05. The van der Waals surface area contributed by atoms with Crippen molar-refractivity contribution in [1.82, 2.24) is 10.1 Å². The molecule has 17 heavy (non-hydrogen) atoms. The summed E-state index contributed by atoms with van der Waals surface area (Å²) < 4.78 is 46.4. The number of hydrogen-bond donors (Lipinski definition) is 0. The van der Waals surface area contributed by atoms with Crippen molar-refractivity contribution in [2.75, 3.05) is 7.11 Å². The van der Waals surface area contributed by atoms with Crippen LogP contribution in [-0.2, 0) is 6.18 Å². The number of alkyl halides is 3. The molecule has 4 nitrogen and oxygen atoms in total. The molecule has 0 N–H and O–H groups in total. The fourth-order valence-electron chi connectivity index (χ4n) is 1.21. The first-order valence-corrected chi connectivity index (χ1v) is 4.56. The Morgan fingerprint density at radius 2 is 1.82 bits per heavy atom. The van der Waals surface area contributed by atoms with Gasteiger partial charge in [0.05, 0.1) is 12.7 Å². The highest BCUT2D eigenvalue weighted by molar-refractivity contribution is 5.53. The minimum atomic E-state index is -4.36. The number of benzene rings is 1. The molecule has 0 saturated carbocycles. The van der Waals surface area contributed by atoms with Crippen molar-refractivity contribution in [3.8, 4) is 17.5 Å². The van der Waals surface area contributed by atoms with E-state index in [1.54, 1.807) is 0 Å². The van der Waals surface area contributed by atoms with Gasteiger partial charge in [-0.1, -0.05) is 0 Å². The fourth-order valence-corrected chi connectivity index (χ4v) is 1.21. The van der Waals surface area contributed by atoms with Gasteiger partial charge in [-0.05, 0) is 29.4 Å². The number of halogens is 3. The van der Waals surface area contributed by atoms with Gasteiger partial charge < -0.3 is 9.26 Å². The Morgan fingerprint density at radius 3 is 2.29 bits per heavy atom. The van der Waals surface area contributed by atoms with Crippen LogP contribution < -0.4 is 4.74 Å². The molecule has 0 atom stereocenters. The van der Waals surface area contributed by atoms with Gasteiger partial charge >= 0.3 is 12.2 Å². The zero-order chi connectivity index (χ0) is 12.5. The predicted molar refractivity (Wildman–Crippen MR) is 51.3 cm³/mol. The van der Waals surface area contributed by atoms with Gasteiger partial charge in [0.25, 0.3) is 5.89 Å². The first-order valence-electron chi connectivity index (χ1n) is 4.56. The molecule has 0 spiro atoms. The Morgan fingerprint density at radius 1 is 1.18 bits per heavy atom. The second kappa shape index (κ2) is 4.08. The third-order valence-electron chi connectivity index (χ3n) is 2.05. The van der Waals surface area contributed by atoms with Gasteiger partial charge in [0, 0.05) is 5.56 Å². The van der Waals surface area contributed by atoms with Gasteiger partial charge in [0.2, 0.25) is 0 Å². The number of nitrogens with zero attached hydrogens (tertiary/aromatic N) is 2. The van der Waals surface area contributed by atoms with Gasteiger partial charge in [0.1, 0.15) is 0 Å². The second-order valence-electron chi connectivity index (χ2n) is 3.16. The highest BCUT2D eigenvalue weighted by Gasteiger charge is 2.30. The monoisotopic (exact) mass is 244 g/mol. The summed E-state index contributed by atoms with van der Waals surface area (Å²) in [6.07, 6.45) is -4.36. The predicted octanol–water partition coefficient (Wildman–Crippen LogP) is 2.76. The van der Waals surface area contributed by atoms with E-state index in [1.807, 2.05) is 0 Å². The van der Waals surface area contributed by atoms with Crippen molar-refractivity contribution in [3.63, 3.8) is 0 Å². The number of ether oxygens (including phenoxy) is 1. The number of methoxy groups -OCH3 is 1. The van der Waals surface area contributed by atoms with Crippen LogP contribution in [0.2, 0.25) is 0 Å². The quantitative estimate of drug-likeness (QED) is 0.814. The molecule has 0 bridgehead atoms. The van der Waals surface area contributed by atoms with Gasteiger partial charge in [-0.15, -0.1) is 0 Å². The van der Waals surface area contributed by atoms with Crippen molar-refractivity contribution in [2.24, 2.45) is 0 Å². The van der Waals surface area contributed by atoms with E-state index in [9.17, 15) is 13.2 Å². The first kappa shape index (κ1) is 11.4. The molecule has 1 aromatic carbocycles. The molecule has 90 valence electrons. The van der Waals surface area contributed by atoms with Gasteiger partial charge in [-0.25, -0.2) is 0 Å². The standard InChI is InChI=1S/C10H7F3N2O2/c1-16-9-14-8(17-15-9)6-2-4-7(5-3-6)10(11,12)13/h2-5H,1H3. The van der Waals surface area contributed by atoms with Crippen molar-refractivity contribution in [2.45, 2.75) is 6.18 Å². The van der Waals surface area contributed by atoms with Crippen LogP contribution in [0, 0.1) is 0 Å². The minimum absolute atomic E-state index is 0.0277. The van der Waals surface area contributed by atoms with Crippen molar-refractivity contribution >= 4 is 0 Å². The number of hydrogen-bond acceptors (Lipinski definition) is 4. The average Bonchev–Trinajstić information content (AvgIpc) is 2.76. The van der Waals surface area contributed by atoms with Crippen LogP contribution in [0.5, 0.6) is 6.01 Å². The molecular weight excluding hydrogens is 237 g/mol. The largest absolute Gasteiger partial charge is 0.465 e. The van der Waals surface area contributed by atoms with E-state index in [0.29, 0.717) is 5.56 Å². The molecule has 2 aromatic rings. The lowest BCUT2D eigenvalue weighted by atomic mass is 10.1. The van der Waals surface area contributed by atoms with Crippen LogP contribution in [0.1, 0.15) is 5.56 Å². The minimum Gasteiger partial charge on any atom is -0.465 e. The summed E-state index contributed by atoms with van der Waals surface area (Å²) in [5.74, 6) is 0.107. The molecular formula is C10H7F3N2O2. The normalized spacial score (nSPS) is 11.5. The highest BCUT2D eigenvalue weighted by atomic mass is 19.4. The molecule has 0 fully saturated rings. The Bertz CT molecular complexity index is 505. The lowest BCUT2D eigenvalue weighted by Gasteiger charge is -2.05. The molecule has 2 rings (SSSR count). The molecule has 1 aromatic heterocycles. The number of aromatic nitrogens is 2. The smallest absolute Gasteiger partial charge is 0.416 e. The lowest BCUT2D eigenvalue weighted by molar-refractivity contribution is -0.137. The summed E-state index contributed by atoms with van der Waals surface area (Å²) in [5.41, 5.74) is -0.332. The summed E-state index contributed by atoms with van der Waals surface area (Å²) in [6.45, 7) is 0. The van der Waals surface area contributed by atoms with Gasteiger partial charge in [0.15, 0.2) is 0 Å². The maximum absolute atomic E-state index is 12.3. The maximum Gasteiger partial charge on any atom is 0.416 e. The molecule has 0 aliphatic rings. The van der Waals surface area contributed by atoms with E-state index in [0.717, 1.165) is 12.1 Å². The van der Waals surface area contributed by atoms with E-state index in [-0.39, 0.29) is 11.9 Å². The molecule has 0 aliphatic carbocycles. The van der Waals surface area contributed by atoms with E-state index < -0.39 is 11.7 Å². The Labute approximate surface area is 94.0 Å². The van der Waals surface area contributed by atoms with Gasteiger partial charge in [-0.3, -0.25) is 0 Å². The zero-order valence-electron chi connectivity index (χ0n) is 8.65. The summed E-state index contributed by atoms with van der Waals surface area (Å²) >= 11 is 0. The molecule has 7 heteroatoms. The Balaban J connectivity index is 2.29. The summed E-state index contributed by atoms with van der Waals surface area (Å²) in [4.78, 5) is 3.81. The molecule has 0 aliphatic heterocycles. The SMILES string of the molecule is COc1noc(-c2ccc(C(F)(F)F)cc2)n1. The molecule has 0 radical (unpaired) electrons. The first-order chi connectivity index (χ1) is 8.00. The van der Waals surface area contributed by atoms with Crippen molar-refractivity contribution < 1.29 is 22.4 Å². The molecule has 0 unspecified atom stereocenters. The highest BCUT2D eigenvalue weighted by Crippen LogP contribution is 2.30. The van der Waals surface area contributed by atoms with E-state index in [4.69, 9.17) is 9.26 Å². The Kier molecular flexibility index (Phi) is 2.74. The average molecular weight is 244 g/mol. The zero-order valence-corrected chi connectivity index (χ0v) is 8.65. The summed E-state index contributed by atoms with van der Waals surface area (Å²) in [6, 6.07) is 4.45. The number of rotatable bonds is 2. The van der Waals surface area contributed by atoms with Crippen LogP contribution in [-0.4, -0.2) is 17.3 Å². The molecule has 0 amide bonds. The summed E-state index contributed by atoms with van der Waals surface area (Å²) in [5, 5.41) is 3.45. The molecule has 1 heterocycles. The lowest BCUT2D eigenvalue weighted by Crippen LogP contribution is -2.03. The summed E-state index contributed by atoms with van der Waals surface area (Å²) in [7, 11) is 1.36. The maximum atomic E-state index is 12.3. The third kappa shape index (κ3) is 2.38. The second-order valence-corrected chi connectivity index (χ2v) is 3.16. The third-order valence-corrected chi connectivity index (χ3v) is 2.05. The van der Waals surface area contributed by atoms with Crippen LogP contribution in [0.4, 0.5) is 13.2 Å².